The molecule has 0 spiro atoms. The molecule has 0 saturated carbocycles. The summed E-state index contributed by atoms with van der Waals surface area (Å²) in [6.07, 6.45) is 1.05. The molecule has 1 aromatic carbocycles. The first-order valence-corrected chi connectivity index (χ1v) is 6.91. The number of hydrogen-bond donors (Lipinski definition) is 1. The largest absolute Gasteiger partial charge is 0.325 e. The number of benzene rings is 1. The lowest BCUT2D eigenvalue weighted by Crippen LogP contribution is -2.26. The summed E-state index contributed by atoms with van der Waals surface area (Å²) in [7, 11) is 0. The van der Waals surface area contributed by atoms with E-state index in [1.165, 1.54) is 0 Å². The van der Waals surface area contributed by atoms with Crippen molar-refractivity contribution in [2.24, 2.45) is 5.92 Å². The van der Waals surface area contributed by atoms with E-state index in [1.54, 1.807) is 0 Å². The van der Waals surface area contributed by atoms with Crippen molar-refractivity contribution in [3.05, 3.63) is 29.3 Å². The Kier molecular flexibility index (Phi) is 3.41. The second-order valence-corrected chi connectivity index (χ2v) is 6.14. The van der Waals surface area contributed by atoms with Gasteiger partial charge in [0, 0.05) is 5.69 Å². The van der Waals surface area contributed by atoms with Crippen molar-refractivity contribution in [1.29, 1.82) is 0 Å². The fraction of sp³-hybridized carbons (Fsp3) is 0.533. The summed E-state index contributed by atoms with van der Waals surface area (Å²) < 4.78 is 0. The molecule has 0 bridgehead atoms. The number of halogens is 1. The number of amides is 1. The fourth-order valence-corrected chi connectivity index (χ4v) is 2.61. The van der Waals surface area contributed by atoms with Gasteiger partial charge in [-0.3, -0.25) is 4.79 Å². The van der Waals surface area contributed by atoms with Crippen LogP contribution in [0.2, 0.25) is 0 Å². The van der Waals surface area contributed by atoms with Crippen molar-refractivity contribution in [3.63, 3.8) is 0 Å². The van der Waals surface area contributed by atoms with E-state index in [0.717, 1.165) is 23.2 Å². The zero-order valence-corrected chi connectivity index (χ0v) is 12.1. The summed E-state index contributed by atoms with van der Waals surface area (Å²) in [6.45, 7) is 8.19. The van der Waals surface area contributed by atoms with Crippen LogP contribution in [0.5, 0.6) is 0 Å². The number of rotatable bonds is 3. The second kappa shape index (κ2) is 4.58. The molecule has 2 atom stereocenters. The molecule has 0 aromatic heterocycles. The van der Waals surface area contributed by atoms with Crippen LogP contribution >= 0.6 is 11.6 Å². The van der Waals surface area contributed by atoms with Crippen LogP contribution in [0.1, 0.15) is 50.6 Å². The summed E-state index contributed by atoms with van der Waals surface area (Å²) in [6, 6.07) is 6.07. The molecule has 2 rings (SSSR count). The molecular weight excluding hydrogens is 246 g/mol. The lowest BCUT2D eigenvalue weighted by Gasteiger charge is -2.20. The minimum Gasteiger partial charge on any atom is -0.325 e. The highest BCUT2D eigenvalue weighted by molar-refractivity contribution is 6.21. The number of hydrogen-bond acceptors (Lipinski definition) is 1. The van der Waals surface area contributed by atoms with Crippen molar-refractivity contribution in [2.75, 3.05) is 5.32 Å². The standard InChI is InChI=1S/C15H20ClNO/c1-5-9(2)13(16)10-6-7-12-11(8-10)15(3,4)14(18)17-12/h6-9,13H,5H2,1-4H3,(H,17,18). The maximum Gasteiger partial charge on any atom is 0.234 e. The van der Waals surface area contributed by atoms with Crippen LogP contribution in [-0.4, -0.2) is 5.91 Å². The van der Waals surface area contributed by atoms with Gasteiger partial charge in [0.05, 0.1) is 10.8 Å². The Morgan fingerprint density at radius 3 is 2.67 bits per heavy atom. The van der Waals surface area contributed by atoms with Gasteiger partial charge >= 0.3 is 0 Å². The van der Waals surface area contributed by atoms with E-state index in [-0.39, 0.29) is 11.3 Å². The molecule has 1 aromatic rings. The highest BCUT2D eigenvalue weighted by atomic mass is 35.5. The van der Waals surface area contributed by atoms with Gasteiger partial charge < -0.3 is 5.32 Å². The highest BCUT2D eigenvalue weighted by Crippen LogP contribution is 2.40. The zero-order chi connectivity index (χ0) is 13.5. The van der Waals surface area contributed by atoms with E-state index < -0.39 is 5.41 Å². The molecule has 0 radical (unpaired) electrons. The van der Waals surface area contributed by atoms with Gasteiger partial charge in [0.2, 0.25) is 5.91 Å². The summed E-state index contributed by atoms with van der Waals surface area (Å²) in [5.41, 5.74) is 2.62. The van der Waals surface area contributed by atoms with Crippen LogP contribution in [-0.2, 0) is 10.2 Å². The van der Waals surface area contributed by atoms with Crippen LogP contribution in [0.4, 0.5) is 5.69 Å². The number of carbonyl (C=O) groups is 1. The number of nitrogens with one attached hydrogen (secondary N) is 1. The molecule has 18 heavy (non-hydrogen) atoms. The summed E-state index contributed by atoms with van der Waals surface area (Å²) in [5.74, 6) is 0.488. The molecule has 1 aliphatic rings. The van der Waals surface area contributed by atoms with Crippen molar-refractivity contribution in [2.45, 2.75) is 44.9 Å². The predicted octanol–water partition coefficient (Wildman–Crippen LogP) is 4.24. The third kappa shape index (κ3) is 2.03. The molecule has 1 amide bonds. The number of anilines is 1. The van der Waals surface area contributed by atoms with Gasteiger partial charge in [0.15, 0.2) is 0 Å². The van der Waals surface area contributed by atoms with Crippen LogP contribution in [0.25, 0.3) is 0 Å². The monoisotopic (exact) mass is 265 g/mol. The lowest BCUT2D eigenvalue weighted by molar-refractivity contribution is -0.119. The summed E-state index contributed by atoms with van der Waals surface area (Å²) in [5, 5.41) is 2.92. The quantitative estimate of drug-likeness (QED) is 0.814. The van der Waals surface area contributed by atoms with E-state index in [2.05, 4.69) is 25.2 Å². The molecule has 1 N–H and O–H groups in total. The smallest absolute Gasteiger partial charge is 0.234 e. The van der Waals surface area contributed by atoms with E-state index in [0.29, 0.717) is 5.92 Å². The number of fused-ring (bicyclic) bond motifs is 1. The third-order valence-corrected chi connectivity index (χ3v) is 4.68. The van der Waals surface area contributed by atoms with Crippen molar-refractivity contribution in [1.82, 2.24) is 0 Å². The van der Waals surface area contributed by atoms with Crippen LogP contribution in [0.3, 0.4) is 0 Å². The summed E-state index contributed by atoms with van der Waals surface area (Å²) in [4.78, 5) is 11.9. The Hall–Kier alpha value is -1.02. The first kappa shape index (κ1) is 13.4. The molecule has 0 aliphatic carbocycles. The Morgan fingerprint density at radius 2 is 2.06 bits per heavy atom. The average Bonchev–Trinajstić information content (AvgIpc) is 2.58. The summed E-state index contributed by atoms with van der Waals surface area (Å²) >= 11 is 6.48. The van der Waals surface area contributed by atoms with Crippen LogP contribution in [0.15, 0.2) is 18.2 Å². The zero-order valence-electron chi connectivity index (χ0n) is 11.4. The topological polar surface area (TPSA) is 29.1 Å². The molecule has 0 fully saturated rings. The minimum absolute atomic E-state index is 0.00630. The Balaban J connectivity index is 2.40. The first-order valence-electron chi connectivity index (χ1n) is 6.48. The van der Waals surface area contributed by atoms with E-state index in [4.69, 9.17) is 11.6 Å². The molecule has 2 unspecified atom stereocenters. The molecule has 2 nitrogen and oxygen atoms in total. The molecule has 1 aliphatic heterocycles. The maximum atomic E-state index is 11.9. The number of alkyl halides is 1. The maximum absolute atomic E-state index is 11.9. The van der Waals surface area contributed by atoms with Gasteiger partial charge in [-0.2, -0.15) is 0 Å². The SMILES string of the molecule is CCC(C)C(Cl)c1ccc2c(c1)C(C)(C)C(=O)N2. The van der Waals surface area contributed by atoms with Crippen LogP contribution in [0, 0.1) is 5.92 Å². The number of carbonyl (C=O) groups excluding carboxylic acids is 1. The van der Waals surface area contributed by atoms with Gasteiger partial charge in [-0.1, -0.05) is 32.4 Å². The van der Waals surface area contributed by atoms with E-state index in [9.17, 15) is 4.79 Å². The highest BCUT2D eigenvalue weighted by Gasteiger charge is 2.38. The fourth-order valence-electron chi connectivity index (χ4n) is 2.30. The molecule has 98 valence electrons. The molecule has 3 heteroatoms. The van der Waals surface area contributed by atoms with Gasteiger partial charge in [0.1, 0.15) is 0 Å². The van der Waals surface area contributed by atoms with Gasteiger partial charge in [-0.05, 0) is 37.0 Å². The minimum atomic E-state index is -0.461. The van der Waals surface area contributed by atoms with E-state index >= 15 is 0 Å². The van der Waals surface area contributed by atoms with Crippen LogP contribution < -0.4 is 5.32 Å². The van der Waals surface area contributed by atoms with Crippen molar-refractivity contribution < 1.29 is 4.79 Å². The first-order chi connectivity index (χ1) is 8.37. The lowest BCUT2D eigenvalue weighted by atomic mass is 9.84. The van der Waals surface area contributed by atoms with Gasteiger partial charge in [-0.25, -0.2) is 0 Å². The Labute approximate surface area is 114 Å². The Bertz CT molecular complexity index is 481. The van der Waals surface area contributed by atoms with Gasteiger partial charge in [0.25, 0.3) is 0 Å². The molecule has 0 saturated heterocycles. The van der Waals surface area contributed by atoms with Crippen molar-refractivity contribution in [3.8, 4) is 0 Å². The Morgan fingerprint density at radius 1 is 1.39 bits per heavy atom. The molecular formula is C15H20ClNO. The average molecular weight is 266 g/mol. The predicted molar refractivity (Wildman–Crippen MR) is 76.1 cm³/mol. The van der Waals surface area contributed by atoms with Gasteiger partial charge in [-0.15, -0.1) is 11.6 Å². The normalized spacial score (nSPS) is 20.2. The van der Waals surface area contributed by atoms with E-state index in [1.807, 2.05) is 26.0 Å². The molecule has 1 heterocycles. The van der Waals surface area contributed by atoms with Crippen molar-refractivity contribution >= 4 is 23.2 Å². The second-order valence-electron chi connectivity index (χ2n) is 5.67. The third-order valence-electron chi connectivity index (χ3n) is 3.99.